The number of rotatable bonds is 4. The topological polar surface area (TPSA) is 23.6 Å². The third kappa shape index (κ3) is 4.40. The van der Waals surface area contributed by atoms with Crippen molar-refractivity contribution < 1.29 is 18.0 Å². The Balaban J connectivity index is 1.82. The zero-order valence-electron chi connectivity index (χ0n) is 15.3. The Morgan fingerprint density at radius 1 is 1.15 bits per heavy atom. The Bertz CT molecular complexity index is 626. The van der Waals surface area contributed by atoms with Crippen molar-refractivity contribution >= 4 is 5.91 Å². The predicted molar refractivity (Wildman–Crippen MR) is 94.8 cm³/mol. The molecule has 144 valence electrons. The van der Waals surface area contributed by atoms with Gasteiger partial charge in [-0.3, -0.25) is 4.79 Å². The highest BCUT2D eigenvalue weighted by Gasteiger charge is 2.38. The van der Waals surface area contributed by atoms with Crippen LogP contribution in [0.15, 0.2) is 24.3 Å². The number of carbonyl (C=O) groups excluding carboxylic acids is 1. The van der Waals surface area contributed by atoms with E-state index in [-0.39, 0.29) is 17.7 Å². The molecule has 26 heavy (non-hydrogen) atoms. The molecule has 0 radical (unpaired) electrons. The minimum Gasteiger partial charge on any atom is -0.342 e. The molecule has 1 aromatic rings. The Morgan fingerprint density at radius 2 is 1.88 bits per heavy atom. The van der Waals surface area contributed by atoms with E-state index >= 15 is 0 Å². The van der Waals surface area contributed by atoms with Crippen molar-refractivity contribution in [1.29, 1.82) is 0 Å². The molecule has 0 unspecified atom stereocenters. The Morgan fingerprint density at radius 3 is 2.54 bits per heavy atom. The second kappa shape index (κ2) is 7.99. The Labute approximate surface area is 153 Å². The van der Waals surface area contributed by atoms with E-state index in [0.717, 1.165) is 25.7 Å². The SMILES string of the molecule is CCC(=O)N1C[C@@H](CN2CCCCC2)[C@@H](c2cccc(C(F)(F)F)c2)C1. The molecule has 1 aromatic carbocycles. The zero-order valence-corrected chi connectivity index (χ0v) is 15.3. The number of hydrogen-bond donors (Lipinski definition) is 0. The molecule has 2 aliphatic heterocycles. The van der Waals surface area contributed by atoms with E-state index in [2.05, 4.69) is 4.90 Å². The summed E-state index contributed by atoms with van der Waals surface area (Å²) in [5.41, 5.74) is 0.0974. The normalized spacial score (nSPS) is 24.8. The van der Waals surface area contributed by atoms with Crippen LogP contribution in [-0.2, 0) is 11.0 Å². The number of nitrogens with zero attached hydrogens (tertiary/aromatic N) is 2. The largest absolute Gasteiger partial charge is 0.416 e. The minimum absolute atomic E-state index is 0.0327. The van der Waals surface area contributed by atoms with E-state index in [1.54, 1.807) is 6.07 Å². The molecule has 0 aromatic heterocycles. The van der Waals surface area contributed by atoms with E-state index in [1.165, 1.54) is 31.4 Å². The lowest BCUT2D eigenvalue weighted by atomic mass is 9.87. The van der Waals surface area contributed by atoms with Gasteiger partial charge in [-0.2, -0.15) is 13.2 Å². The number of piperidine rings is 1. The lowest BCUT2D eigenvalue weighted by molar-refractivity contribution is -0.137. The first-order valence-corrected chi connectivity index (χ1v) is 9.55. The second-order valence-corrected chi connectivity index (χ2v) is 7.50. The molecule has 3 nitrogen and oxygen atoms in total. The molecular weight excluding hydrogens is 341 g/mol. The van der Waals surface area contributed by atoms with Crippen molar-refractivity contribution in [3.63, 3.8) is 0 Å². The van der Waals surface area contributed by atoms with Crippen LogP contribution >= 0.6 is 0 Å². The van der Waals surface area contributed by atoms with Crippen molar-refractivity contribution in [2.24, 2.45) is 5.92 Å². The van der Waals surface area contributed by atoms with E-state index in [0.29, 0.717) is 25.1 Å². The molecule has 2 atom stereocenters. The molecule has 6 heteroatoms. The van der Waals surface area contributed by atoms with Gasteiger partial charge in [0, 0.05) is 32.0 Å². The third-order valence-corrected chi connectivity index (χ3v) is 5.68. The van der Waals surface area contributed by atoms with E-state index < -0.39 is 11.7 Å². The highest BCUT2D eigenvalue weighted by atomic mass is 19.4. The standard InChI is InChI=1S/C20H27F3N2O/c1-2-19(26)25-13-16(12-24-9-4-3-5-10-24)18(14-25)15-7-6-8-17(11-15)20(21,22)23/h6-8,11,16,18H,2-5,9-10,12-14H2,1H3/t16-,18-/m1/s1. The molecule has 0 aliphatic carbocycles. The second-order valence-electron chi connectivity index (χ2n) is 7.50. The van der Waals surface area contributed by atoms with Crippen LogP contribution in [0.3, 0.4) is 0 Å². The highest BCUT2D eigenvalue weighted by Crippen LogP contribution is 2.37. The third-order valence-electron chi connectivity index (χ3n) is 5.68. The summed E-state index contributed by atoms with van der Waals surface area (Å²) in [5, 5.41) is 0. The molecule has 0 bridgehead atoms. The summed E-state index contributed by atoms with van der Waals surface area (Å²) in [7, 11) is 0. The van der Waals surface area contributed by atoms with Crippen molar-refractivity contribution in [1.82, 2.24) is 9.80 Å². The first kappa shape index (κ1) is 19.2. The van der Waals surface area contributed by atoms with Crippen LogP contribution in [0.2, 0.25) is 0 Å². The fourth-order valence-electron chi connectivity index (χ4n) is 4.28. The van der Waals surface area contributed by atoms with Gasteiger partial charge >= 0.3 is 6.18 Å². The molecule has 2 fully saturated rings. The lowest BCUT2D eigenvalue weighted by Gasteiger charge is -2.31. The smallest absolute Gasteiger partial charge is 0.342 e. The first-order chi connectivity index (χ1) is 12.4. The maximum atomic E-state index is 13.1. The number of halogens is 3. The van der Waals surface area contributed by atoms with Crippen molar-refractivity contribution in [3.05, 3.63) is 35.4 Å². The average Bonchev–Trinajstić information content (AvgIpc) is 3.05. The molecular formula is C20H27F3N2O. The van der Waals surface area contributed by atoms with Crippen molar-refractivity contribution in [3.8, 4) is 0 Å². The number of hydrogen-bond acceptors (Lipinski definition) is 2. The number of likely N-dealkylation sites (tertiary alicyclic amines) is 2. The molecule has 1 amide bonds. The molecule has 0 saturated carbocycles. The predicted octanol–water partition coefficient (Wildman–Crippen LogP) is 4.14. The maximum Gasteiger partial charge on any atom is 0.416 e. The van der Waals surface area contributed by atoms with Gasteiger partial charge in [-0.05, 0) is 43.5 Å². The van der Waals surface area contributed by atoms with Gasteiger partial charge < -0.3 is 9.80 Å². The Hall–Kier alpha value is -1.56. The summed E-state index contributed by atoms with van der Waals surface area (Å²) >= 11 is 0. The maximum absolute atomic E-state index is 13.1. The van der Waals surface area contributed by atoms with E-state index in [9.17, 15) is 18.0 Å². The van der Waals surface area contributed by atoms with E-state index in [4.69, 9.17) is 0 Å². The highest BCUT2D eigenvalue weighted by molar-refractivity contribution is 5.76. The Kier molecular flexibility index (Phi) is 5.90. The van der Waals surface area contributed by atoms with Gasteiger partial charge in [0.2, 0.25) is 5.91 Å². The lowest BCUT2D eigenvalue weighted by Crippen LogP contribution is -2.36. The summed E-state index contributed by atoms with van der Waals surface area (Å²) in [6, 6.07) is 5.66. The number of benzene rings is 1. The molecule has 0 spiro atoms. The fraction of sp³-hybridized carbons (Fsp3) is 0.650. The van der Waals surface area contributed by atoms with Crippen LogP contribution in [0.5, 0.6) is 0 Å². The first-order valence-electron chi connectivity index (χ1n) is 9.55. The molecule has 2 saturated heterocycles. The van der Waals surface area contributed by atoms with Gasteiger partial charge in [-0.25, -0.2) is 0 Å². The summed E-state index contributed by atoms with van der Waals surface area (Å²) in [6.07, 6.45) is -0.294. The summed E-state index contributed by atoms with van der Waals surface area (Å²) in [6.45, 7) is 5.95. The van der Waals surface area contributed by atoms with Crippen LogP contribution in [0, 0.1) is 5.92 Å². The average molecular weight is 368 g/mol. The van der Waals surface area contributed by atoms with Crippen LogP contribution in [0.1, 0.15) is 49.7 Å². The van der Waals surface area contributed by atoms with Gasteiger partial charge in [0.25, 0.3) is 0 Å². The zero-order chi connectivity index (χ0) is 18.7. The summed E-state index contributed by atoms with van der Waals surface area (Å²) in [4.78, 5) is 16.4. The summed E-state index contributed by atoms with van der Waals surface area (Å²) < 4.78 is 39.3. The summed E-state index contributed by atoms with van der Waals surface area (Å²) in [5.74, 6) is 0.241. The number of amides is 1. The fourth-order valence-corrected chi connectivity index (χ4v) is 4.28. The van der Waals surface area contributed by atoms with Crippen LogP contribution in [0.25, 0.3) is 0 Å². The van der Waals surface area contributed by atoms with Gasteiger partial charge in [0.1, 0.15) is 0 Å². The monoisotopic (exact) mass is 368 g/mol. The van der Waals surface area contributed by atoms with Gasteiger partial charge in [-0.15, -0.1) is 0 Å². The van der Waals surface area contributed by atoms with Gasteiger partial charge in [0.15, 0.2) is 0 Å². The van der Waals surface area contributed by atoms with E-state index in [1.807, 2.05) is 11.8 Å². The number of alkyl halides is 3. The van der Waals surface area contributed by atoms with Gasteiger partial charge in [0.05, 0.1) is 5.56 Å². The molecule has 3 rings (SSSR count). The number of carbonyl (C=O) groups is 1. The molecule has 2 heterocycles. The van der Waals surface area contributed by atoms with Crippen molar-refractivity contribution in [2.75, 3.05) is 32.7 Å². The van der Waals surface area contributed by atoms with Crippen LogP contribution < -0.4 is 0 Å². The van der Waals surface area contributed by atoms with Crippen molar-refractivity contribution in [2.45, 2.75) is 44.7 Å². The molecule has 2 aliphatic rings. The van der Waals surface area contributed by atoms with Gasteiger partial charge in [-0.1, -0.05) is 31.5 Å². The van der Waals surface area contributed by atoms with Crippen LogP contribution in [-0.4, -0.2) is 48.4 Å². The minimum atomic E-state index is -4.34. The quantitative estimate of drug-likeness (QED) is 0.797. The molecule has 0 N–H and O–H groups in total. The van der Waals surface area contributed by atoms with Crippen LogP contribution in [0.4, 0.5) is 13.2 Å².